The van der Waals surface area contributed by atoms with Crippen molar-refractivity contribution in [2.24, 2.45) is 0 Å². The molecular weight excluding hydrogens is 180 g/mol. The molecule has 2 atom stereocenters. The van der Waals surface area contributed by atoms with Crippen LogP contribution in [-0.4, -0.2) is 21.3 Å². The minimum atomic E-state index is -0.949. The summed E-state index contributed by atoms with van der Waals surface area (Å²) in [5.74, 6) is 0. The summed E-state index contributed by atoms with van der Waals surface area (Å²) in [7, 11) is 0. The van der Waals surface area contributed by atoms with Gasteiger partial charge in [0.2, 0.25) is 0 Å². The minimum Gasteiger partial charge on any atom is -0.386 e. The van der Waals surface area contributed by atoms with Crippen LogP contribution in [0.25, 0.3) is 6.08 Å². The van der Waals surface area contributed by atoms with E-state index in [0.29, 0.717) is 11.3 Å². The van der Waals surface area contributed by atoms with Gasteiger partial charge in [0.25, 0.3) is 0 Å². The molecule has 70 valence electrons. The number of aromatic nitrogens is 1. The van der Waals surface area contributed by atoms with Gasteiger partial charge in [0, 0.05) is 11.8 Å². The quantitative estimate of drug-likeness (QED) is 0.616. The molecule has 0 saturated heterocycles. The Morgan fingerprint density at radius 1 is 1.43 bits per heavy atom. The lowest BCUT2D eigenvalue weighted by atomic mass is 9.94. The van der Waals surface area contributed by atoms with Crippen LogP contribution in [0.5, 0.6) is 0 Å². The molecule has 4 nitrogen and oxygen atoms in total. The summed E-state index contributed by atoms with van der Waals surface area (Å²) >= 11 is 0. The molecule has 0 bridgehead atoms. The highest BCUT2D eigenvalue weighted by Crippen LogP contribution is 2.27. The van der Waals surface area contributed by atoms with Crippen molar-refractivity contribution in [2.45, 2.75) is 12.2 Å². The minimum absolute atomic E-state index is 0.303. The number of nitrogens with zero attached hydrogens (tertiary/aromatic N) is 2. The Labute approximate surface area is 80.8 Å². The molecule has 1 heterocycles. The monoisotopic (exact) mass is 188 g/mol. The Hall–Kier alpha value is -1.70. The van der Waals surface area contributed by atoms with Crippen molar-refractivity contribution in [3.8, 4) is 6.07 Å². The van der Waals surface area contributed by atoms with Crippen molar-refractivity contribution in [1.82, 2.24) is 4.98 Å². The van der Waals surface area contributed by atoms with Gasteiger partial charge in [0.15, 0.2) is 0 Å². The van der Waals surface area contributed by atoms with Gasteiger partial charge in [-0.05, 0) is 11.6 Å². The fourth-order valence-electron chi connectivity index (χ4n) is 1.43. The Kier molecular flexibility index (Phi) is 2.04. The molecular formula is C10H8N2O2. The average Bonchev–Trinajstić information content (AvgIpc) is 2.23. The second-order valence-electron chi connectivity index (χ2n) is 3.10. The van der Waals surface area contributed by atoms with Gasteiger partial charge >= 0.3 is 0 Å². The van der Waals surface area contributed by atoms with Gasteiger partial charge in [0.05, 0.1) is 0 Å². The van der Waals surface area contributed by atoms with E-state index in [1.165, 1.54) is 12.3 Å². The molecule has 0 radical (unpaired) electrons. The molecule has 0 saturated carbocycles. The first-order valence-electron chi connectivity index (χ1n) is 4.17. The summed E-state index contributed by atoms with van der Waals surface area (Å²) in [6.07, 6.45) is 2.75. The summed E-state index contributed by atoms with van der Waals surface area (Å²) in [6, 6.07) is 3.50. The maximum Gasteiger partial charge on any atom is 0.141 e. The van der Waals surface area contributed by atoms with Crippen LogP contribution in [0.3, 0.4) is 0 Å². The van der Waals surface area contributed by atoms with Gasteiger partial charge < -0.3 is 10.2 Å². The van der Waals surface area contributed by atoms with Crippen LogP contribution in [0.2, 0.25) is 0 Å². The van der Waals surface area contributed by atoms with Gasteiger partial charge in [-0.2, -0.15) is 5.26 Å². The SMILES string of the molecule is N#Cc1cc2c(cn1)[C@@H](O)[C@@H](O)C=C2. The van der Waals surface area contributed by atoms with Crippen molar-refractivity contribution in [2.75, 3.05) is 0 Å². The summed E-state index contributed by atoms with van der Waals surface area (Å²) in [4.78, 5) is 3.83. The first-order valence-corrected chi connectivity index (χ1v) is 4.17. The predicted octanol–water partition coefficient (Wildman–Crippen LogP) is 0.374. The van der Waals surface area contributed by atoms with E-state index in [4.69, 9.17) is 5.26 Å². The molecule has 0 unspecified atom stereocenters. The van der Waals surface area contributed by atoms with Gasteiger partial charge in [-0.15, -0.1) is 0 Å². The van der Waals surface area contributed by atoms with Gasteiger partial charge in [0.1, 0.15) is 24.0 Å². The first kappa shape index (κ1) is 8.88. The Balaban J connectivity index is 2.53. The van der Waals surface area contributed by atoms with E-state index in [2.05, 4.69) is 4.98 Å². The van der Waals surface area contributed by atoms with E-state index < -0.39 is 12.2 Å². The Morgan fingerprint density at radius 2 is 2.21 bits per heavy atom. The molecule has 4 heteroatoms. The molecule has 0 aromatic carbocycles. The molecule has 1 aromatic heterocycles. The van der Waals surface area contributed by atoms with Crippen LogP contribution in [0.15, 0.2) is 18.3 Å². The lowest BCUT2D eigenvalue weighted by Gasteiger charge is -2.20. The van der Waals surface area contributed by atoms with Crippen molar-refractivity contribution < 1.29 is 10.2 Å². The molecule has 1 aliphatic rings. The van der Waals surface area contributed by atoms with E-state index >= 15 is 0 Å². The third-order valence-corrected chi connectivity index (χ3v) is 2.20. The zero-order chi connectivity index (χ0) is 10.1. The van der Waals surface area contributed by atoms with Gasteiger partial charge in [-0.1, -0.05) is 12.2 Å². The number of hydrogen-bond acceptors (Lipinski definition) is 4. The number of nitriles is 1. The van der Waals surface area contributed by atoms with E-state index in [0.717, 1.165) is 5.56 Å². The number of pyridine rings is 1. The second kappa shape index (κ2) is 3.22. The van der Waals surface area contributed by atoms with Crippen LogP contribution in [0.1, 0.15) is 22.9 Å². The maximum atomic E-state index is 9.57. The van der Waals surface area contributed by atoms with Crippen LogP contribution in [0, 0.1) is 11.3 Å². The normalized spacial score (nSPS) is 24.1. The zero-order valence-electron chi connectivity index (χ0n) is 7.25. The molecule has 2 rings (SSSR count). The number of hydrogen-bond donors (Lipinski definition) is 2. The fraction of sp³-hybridized carbons (Fsp3) is 0.200. The van der Waals surface area contributed by atoms with Crippen LogP contribution in [0.4, 0.5) is 0 Å². The van der Waals surface area contributed by atoms with Crippen LogP contribution < -0.4 is 0 Å². The Morgan fingerprint density at radius 3 is 2.93 bits per heavy atom. The van der Waals surface area contributed by atoms with Crippen LogP contribution >= 0.6 is 0 Å². The smallest absolute Gasteiger partial charge is 0.141 e. The number of rotatable bonds is 0. The van der Waals surface area contributed by atoms with Crippen molar-refractivity contribution >= 4 is 6.08 Å². The first-order chi connectivity index (χ1) is 6.72. The molecule has 0 aliphatic heterocycles. The highest BCUT2D eigenvalue weighted by atomic mass is 16.3. The van der Waals surface area contributed by atoms with Gasteiger partial charge in [-0.25, -0.2) is 4.98 Å². The maximum absolute atomic E-state index is 9.57. The molecule has 1 aromatic rings. The second-order valence-corrected chi connectivity index (χ2v) is 3.10. The fourth-order valence-corrected chi connectivity index (χ4v) is 1.43. The highest BCUT2D eigenvalue weighted by molar-refractivity contribution is 5.58. The van der Waals surface area contributed by atoms with Crippen molar-refractivity contribution in [3.05, 3.63) is 35.2 Å². The average molecular weight is 188 g/mol. The summed E-state index contributed by atoms with van der Waals surface area (Å²) in [5.41, 5.74) is 1.59. The lowest BCUT2D eigenvalue weighted by Crippen LogP contribution is -2.19. The van der Waals surface area contributed by atoms with E-state index in [9.17, 15) is 10.2 Å². The largest absolute Gasteiger partial charge is 0.386 e. The number of aliphatic hydroxyl groups excluding tert-OH is 2. The molecule has 0 fully saturated rings. The lowest BCUT2D eigenvalue weighted by molar-refractivity contribution is 0.0467. The van der Waals surface area contributed by atoms with E-state index in [-0.39, 0.29) is 0 Å². The Bertz CT molecular complexity index is 434. The third kappa shape index (κ3) is 1.29. The van der Waals surface area contributed by atoms with Crippen molar-refractivity contribution in [1.29, 1.82) is 5.26 Å². The topological polar surface area (TPSA) is 77.1 Å². The molecule has 0 spiro atoms. The van der Waals surface area contributed by atoms with Gasteiger partial charge in [-0.3, -0.25) is 0 Å². The number of fused-ring (bicyclic) bond motifs is 1. The highest BCUT2D eigenvalue weighted by Gasteiger charge is 2.22. The zero-order valence-corrected chi connectivity index (χ0v) is 7.25. The van der Waals surface area contributed by atoms with E-state index in [1.807, 2.05) is 6.07 Å². The standard InChI is InChI=1S/C10H8N2O2/c11-4-7-3-6-1-2-9(13)10(14)8(6)5-12-7/h1-3,5,9-10,13-14H/t9-,10+/m0/s1. The molecule has 0 amide bonds. The van der Waals surface area contributed by atoms with Crippen molar-refractivity contribution in [3.63, 3.8) is 0 Å². The third-order valence-electron chi connectivity index (χ3n) is 2.20. The van der Waals surface area contributed by atoms with Crippen LogP contribution in [-0.2, 0) is 0 Å². The van der Waals surface area contributed by atoms with E-state index in [1.54, 1.807) is 12.1 Å². The summed E-state index contributed by atoms with van der Waals surface area (Å²) in [6.45, 7) is 0. The summed E-state index contributed by atoms with van der Waals surface area (Å²) in [5, 5.41) is 27.5. The molecule has 14 heavy (non-hydrogen) atoms. The molecule has 1 aliphatic carbocycles. The summed E-state index contributed by atoms with van der Waals surface area (Å²) < 4.78 is 0. The molecule has 2 N–H and O–H groups in total. The number of aliphatic hydroxyl groups is 2. The predicted molar refractivity (Wildman–Crippen MR) is 49.0 cm³/mol.